The van der Waals surface area contributed by atoms with E-state index in [0.29, 0.717) is 13.0 Å². The van der Waals surface area contributed by atoms with Crippen LogP contribution in [0.25, 0.3) is 0 Å². The number of carbonyl (C=O) groups is 2. The lowest BCUT2D eigenvalue weighted by Crippen LogP contribution is -2.20. The maximum atomic E-state index is 12.6. The van der Waals surface area contributed by atoms with Crippen LogP contribution in [0.2, 0.25) is 0 Å². The molecule has 53 heavy (non-hydrogen) atoms. The lowest BCUT2D eigenvalue weighted by atomic mass is 10.00. The third-order valence-electron chi connectivity index (χ3n) is 10.2. The monoisotopic (exact) mass is 744 g/mol. The summed E-state index contributed by atoms with van der Waals surface area (Å²) >= 11 is 0. The average Bonchev–Trinajstić information content (AvgIpc) is 3.13. The van der Waals surface area contributed by atoms with Gasteiger partial charge in [-0.2, -0.15) is 0 Å². The molecule has 0 aliphatic rings. The maximum Gasteiger partial charge on any atom is 0.330 e. The number of rotatable bonds is 40. The molecule has 0 heterocycles. The zero-order valence-corrected chi connectivity index (χ0v) is 36.1. The van der Waals surface area contributed by atoms with E-state index < -0.39 is 0 Å². The van der Waals surface area contributed by atoms with Crippen molar-refractivity contribution in [2.45, 2.75) is 232 Å². The van der Waals surface area contributed by atoms with Crippen LogP contribution in [-0.4, -0.2) is 50.2 Å². The van der Waals surface area contributed by atoms with Gasteiger partial charge in [-0.3, -0.25) is 4.79 Å². The van der Waals surface area contributed by atoms with Gasteiger partial charge in [0.05, 0.1) is 6.61 Å². The first-order valence-corrected chi connectivity index (χ1v) is 22.9. The third kappa shape index (κ3) is 39.6. The van der Waals surface area contributed by atoms with Crippen LogP contribution in [0.1, 0.15) is 226 Å². The predicted molar refractivity (Wildman–Crippen MR) is 231 cm³/mol. The van der Waals surface area contributed by atoms with E-state index in [4.69, 9.17) is 9.47 Å². The van der Waals surface area contributed by atoms with Crippen molar-refractivity contribution in [2.24, 2.45) is 0 Å². The third-order valence-corrected chi connectivity index (χ3v) is 10.2. The van der Waals surface area contributed by atoms with Gasteiger partial charge >= 0.3 is 11.9 Å². The summed E-state index contributed by atoms with van der Waals surface area (Å²) in [7, 11) is 4.09. The molecule has 0 rings (SSSR count). The zero-order chi connectivity index (χ0) is 38.9. The van der Waals surface area contributed by atoms with E-state index in [1.807, 2.05) is 14.1 Å². The highest BCUT2D eigenvalue weighted by Gasteiger charge is 2.14. The molecule has 0 fully saturated rings. The molecule has 0 saturated carbocycles. The Labute approximate surface area is 330 Å². The highest BCUT2D eigenvalue weighted by Crippen LogP contribution is 2.20. The van der Waals surface area contributed by atoms with Crippen LogP contribution in [0.4, 0.5) is 0 Å². The number of hydrogen-bond donors (Lipinski definition) is 0. The second kappa shape index (κ2) is 41.3. The van der Waals surface area contributed by atoms with Crippen molar-refractivity contribution < 1.29 is 19.1 Å². The summed E-state index contributed by atoms with van der Waals surface area (Å²) < 4.78 is 11.6. The van der Waals surface area contributed by atoms with Gasteiger partial charge in [-0.1, -0.05) is 153 Å². The van der Waals surface area contributed by atoms with Crippen LogP contribution < -0.4 is 0 Å². The highest BCUT2D eigenvalue weighted by atomic mass is 16.5. The molecular weight excluding hydrogens is 655 g/mol. The quantitative estimate of drug-likeness (QED) is 0.0271. The van der Waals surface area contributed by atoms with Gasteiger partial charge in [0.25, 0.3) is 0 Å². The van der Waals surface area contributed by atoms with E-state index in [2.05, 4.69) is 50.0 Å². The highest BCUT2D eigenvalue weighted by molar-refractivity contribution is 5.82. The van der Waals surface area contributed by atoms with Crippen LogP contribution in [0, 0.1) is 0 Å². The first-order chi connectivity index (χ1) is 25.9. The number of ether oxygens (including phenoxy) is 2. The topological polar surface area (TPSA) is 55.8 Å². The molecular formula is C48H89NO4. The van der Waals surface area contributed by atoms with E-state index in [1.54, 1.807) is 6.08 Å². The fourth-order valence-electron chi connectivity index (χ4n) is 6.80. The molecule has 0 spiro atoms. The summed E-state index contributed by atoms with van der Waals surface area (Å²) in [5, 5.41) is 0. The van der Waals surface area contributed by atoms with Crippen LogP contribution in [-0.2, 0) is 19.1 Å². The zero-order valence-electron chi connectivity index (χ0n) is 36.1. The Morgan fingerprint density at radius 1 is 0.528 bits per heavy atom. The van der Waals surface area contributed by atoms with Gasteiger partial charge in [-0.25, -0.2) is 4.79 Å². The molecule has 5 heteroatoms. The van der Waals surface area contributed by atoms with E-state index in [9.17, 15) is 9.59 Å². The summed E-state index contributed by atoms with van der Waals surface area (Å²) in [6.07, 6.45) is 48.1. The van der Waals surface area contributed by atoms with Gasteiger partial charge in [0.15, 0.2) is 0 Å². The van der Waals surface area contributed by atoms with Crippen molar-refractivity contribution in [3.05, 3.63) is 36.0 Å². The number of carbonyl (C=O) groups excluding carboxylic acids is 2. The molecule has 1 atom stereocenters. The van der Waals surface area contributed by atoms with Crippen molar-refractivity contribution in [3.63, 3.8) is 0 Å². The fraction of sp³-hybridized carbons (Fsp3) is 0.833. The second-order valence-corrected chi connectivity index (χ2v) is 15.9. The molecule has 0 aliphatic carbocycles. The Morgan fingerprint density at radius 2 is 1.00 bits per heavy atom. The first-order valence-electron chi connectivity index (χ1n) is 22.9. The molecule has 0 aromatic rings. The van der Waals surface area contributed by atoms with Gasteiger partial charge in [-0.05, 0) is 117 Å². The summed E-state index contributed by atoms with van der Waals surface area (Å²) in [6, 6.07) is 0. The lowest BCUT2D eigenvalue weighted by molar-refractivity contribution is -0.150. The van der Waals surface area contributed by atoms with Crippen molar-refractivity contribution >= 4 is 11.9 Å². The van der Waals surface area contributed by atoms with Gasteiger partial charge in [0.2, 0.25) is 0 Å². The Bertz CT molecular complexity index is 892. The summed E-state index contributed by atoms with van der Waals surface area (Å²) in [5.41, 5.74) is 1.28. The van der Waals surface area contributed by atoms with Crippen molar-refractivity contribution in [2.75, 3.05) is 27.2 Å². The minimum absolute atomic E-state index is 0.0340. The van der Waals surface area contributed by atoms with Crippen molar-refractivity contribution in [1.82, 2.24) is 4.90 Å². The first kappa shape index (κ1) is 51.1. The number of allylic oxidation sites excluding steroid dienone is 5. The van der Waals surface area contributed by atoms with E-state index in [-0.39, 0.29) is 18.0 Å². The largest absolute Gasteiger partial charge is 0.463 e. The van der Waals surface area contributed by atoms with Gasteiger partial charge in [-0.15, -0.1) is 0 Å². The molecule has 0 saturated heterocycles. The van der Waals surface area contributed by atoms with E-state index in [1.165, 1.54) is 121 Å². The molecule has 0 aromatic carbocycles. The minimum Gasteiger partial charge on any atom is -0.463 e. The lowest BCUT2D eigenvalue weighted by Gasteiger charge is -2.18. The van der Waals surface area contributed by atoms with Crippen molar-refractivity contribution in [1.29, 1.82) is 0 Å². The Hall–Kier alpha value is -1.88. The Balaban J connectivity index is 4.32. The maximum absolute atomic E-state index is 12.6. The smallest absolute Gasteiger partial charge is 0.330 e. The standard InChI is InChI=1S/C48H89NO4/c1-6-9-12-14-16-17-18-19-20-21-22-23-24-25-28-33-39-46(53-47(50)41-36-42-49(4)5)40-34-29-26-30-35-43-52-48(51)44-45(37-31-11-8-3)38-32-27-15-13-10-7-2/h16-17,19-20,44,46H,6-15,18,21-43H2,1-5H3/b17-16-,20-19-,45-44+. The molecule has 310 valence electrons. The van der Waals surface area contributed by atoms with Crippen LogP contribution in [0.3, 0.4) is 0 Å². The van der Waals surface area contributed by atoms with Crippen LogP contribution in [0.15, 0.2) is 36.0 Å². The Kier molecular flexibility index (Phi) is 39.8. The SMILES string of the molecule is CCCCC/C=C\C/C=C\CCCCCCCCC(CCCCCCCOC(=O)/C=C(\CCCCC)CCCCCCCC)OC(=O)CCCN(C)C. The Morgan fingerprint density at radius 3 is 1.60 bits per heavy atom. The molecule has 0 amide bonds. The van der Waals surface area contributed by atoms with Crippen molar-refractivity contribution in [3.8, 4) is 0 Å². The molecule has 0 aliphatic heterocycles. The second-order valence-electron chi connectivity index (χ2n) is 15.9. The normalized spacial score (nSPS) is 12.8. The molecule has 0 bridgehead atoms. The summed E-state index contributed by atoms with van der Waals surface area (Å²) in [5.74, 6) is -0.185. The number of unbranched alkanes of at least 4 members (excludes halogenated alkanes) is 20. The number of esters is 2. The minimum atomic E-state index is -0.151. The predicted octanol–water partition coefficient (Wildman–Crippen LogP) is 14.6. The van der Waals surface area contributed by atoms with Gasteiger partial charge in [0.1, 0.15) is 6.10 Å². The molecule has 1 unspecified atom stereocenters. The van der Waals surface area contributed by atoms with E-state index >= 15 is 0 Å². The van der Waals surface area contributed by atoms with E-state index in [0.717, 1.165) is 90.0 Å². The fourth-order valence-corrected chi connectivity index (χ4v) is 6.80. The molecule has 0 radical (unpaired) electrons. The summed E-state index contributed by atoms with van der Waals surface area (Å²) in [6.45, 7) is 8.16. The van der Waals surface area contributed by atoms with Crippen LogP contribution in [0.5, 0.6) is 0 Å². The van der Waals surface area contributed by atoms with Gasteiger partial charge < -0.3 is 14.4 Å². The molecule has 0 N–H and O–H groups in total. The van der Waals surface area contributed by atoms with Crippen LogP contribution >= 0.6 is 0 Å². The van der Waals surface area contributed by atoms with Gasteiger partial charge in [0, 0.05) is 12.5 Å². The average molecular weight is 744 g/mol. The number of nitrogens with zero attached hydrogens (tertiary/aromatic N) is 1. The molecule has 0 aromatic heterocycles. The summed E-state index contributed by atoms with van der Waals surface area (Å²) in [4.78, 5) is 27.3. The number of hydrogen-bond acceptors (Lipinski definition) is 5. The molecule has 5 nitrogen and oxygen atoms in total.